The van der Waals surface area contributed by atoms with Gasteiger partial charge in [0.05, 0.1) is 19.1 Å². The summed E-state index contributed by atoms with van der Waals surface area (Å²) in [5, 5.41) is 2.86. The maximum absolute atomic E-state index is 13.6. The molecule has 10 heteroatoms. The molecule has 0 radical (unpaired) electrons. The smallest absolute Gasteiger partial charge is 0.244 e. The molecule has 2 aromatic carbocycles. The van der Waals surface area contributed by atoms with Crippen molar-refractivity contribution >= 4 is 50.1 Å². The number of anilines is 1. The van der Waals surface area contributed by atoms with Gasteiger partial charge in [0.15, 0.2) is 0 Å². The van der Waals surface area contributed by atoms with Gasteiger partial charge in [-0.25, -0.2) is 8.42 Å². The highest BCUT2D eigenvalue weighted by molar-refractivity contribution is 14.1. The van der Waals surface area contributed by atoms with E-state index in [-0.39, 0.29) is 12.5 Å². The zero-order chi connectivity index (χ0) is 25.3. The Morgan fingerprint density at radius 2 is 1.68 bits per heavy atom. The van der Waals surface area contributed by atoms with Crippen molar-refractivity contribution in [2.75, 3.05) is 30.8 Å². The Kier molecular flexibility index (Phi) is 10.6. The third-order valence-corrected chi connectivity index (χ3v) is 7.10. The second-order valence-corrected chi connectivity index (χ2v) is 11.0. The lowest BCUT2D eigenvalue weighted by Gasteiger charge is -2.33. The number of carbonyl (C=O) groups excluding carboxylic acids is 2. The average molecular weight is 602 g/mol. The van der Waals surface area contributed by atoms with Crippen LogP contribution in [0.3, 0.4) is 0 Å². The van der Waals surface area contributed by atoms with Gasteiger partial charge in [0.1, 0.15) is 18.3 Å². The van der Waals surface area contributed by atoms with Gasteiger partial charge in [0, 0.05) is 16.7 Å². The largest absolute Gasteiger partial charge is 0.497 e. The number of ether oxygens (including phenoxy) is 1. The second-order valence-electron chi connectivity index (χ2n) is 7.83. The lowest BCUT2D eigenvalue weighted by molar-refractivity contribution is -0.140. The average Bonchev–Trinajstić information content (AvgIpc) is 2.81. The number of hydrogen-bond acceptors (Lipinski definition) is 5. The Labute approximate surface area is 215 Å². The van der Waals surface area contributed by atoms with E-state index in [1.54, 1.807) is 43.5 Å². The first-order chi connectivity index (χ1) is 16.1. The van der Waals surface area contributed by atoms with E-state index < -0.39 is 28.5 Å². The van der Waals surface area contributed by atoms with Crippen LogP contribution in [0, 0.1) is 3.57 Å². The normalized spacial score (nSPS) is 12.0. The van der Waals surface area contributed by atoms with Gasteiger partial charge >= 0.3 is 0 Å². The number of methoxy groups -OCH3 is 1. The lowest BCUT2D eigenvalue weighted by atomic mass is 10.1. The maximum Gasteiger partial charge on any atom is 0.244 e. The van der Waals surface area contributed by atoms with E-state index in [1.807, 2.05) is 26.0 Å². The van der Waals surface area contributed by atoms with Crippen molar-refractivity contribution < 1.29 is 22.7 Å². The maximum atomic E-state index is 13.6. The monoisotopic (exact) mass is 601 g/mol. The molecule has 2 rings (SSSR count). The van der Waals surface area contributed by atoms with E-state index in [0.717, 1.165) is 26.1 Å². The number of rotatable bonds is 12. The summed E-state index contributed by atoms with van der Waals surface area (Å²) < 4.78 is 32.4. The van der Waals surface area contributed by atoms with Crippen LogP contribution in [0.4, 0.5) is 5.69 Å². The third kappa shape index (κ3) is 7.86. The summed E-state index contributed by atoms with van der Waals surface area (Å²) in [6, 6.07) is 13.4. The Bertz CT molecular complexity index is 1060. The molecule has 0 saturated carbocycles. The van der Waals surface area contributed by atoms with Crippen molar-refractivity contribution in [3.63, 3.8) is 0 Å². The zero-order valence-corrected chi connectivity index (χ0v) is 22.9. The number of halogens is 1. The molecule has 2 aromatic rings. The summed E-state index contributed by atoms with van der Waals surface area (Å²) >= 11 is 2.13. The molecule has 0 aliphatic rings. The van der Waals surface area contributed by atoms with Crippen LogP contribution >= 0.6 is 22.6 Å². The molecule has 0 aliphatic heterocycles. The molecule has 186 valence electrons. The van der Waals surface area contributed by atoms with Crippen LogP contribution in [0.1, 0.15) is 32.3 Å². The van der Waals surface area contributed by atoms with Gasteiger partial charge in [0.2, 0.25) is 21.8 Å². The van der Waals surface area contributed by atoms with Crippen molar-refractivity contribution in [3.05, 3.63) is 57.7 Å². The molecule has 0 fully saturated rings. The fourth-order valence-electron chi connectivity index (χ4n) is 3.43. The predicted octanol–water partition coefficient (Wildman–Crippen LogP) is 3.40. The van der Waals surface area contributed by atoms with E-state index >= 15 is 0 Å². The highest BCUT2D eigenvalue weighted by atomic mass is 127. The van der Waals surface area contributed by atoms with Gasteiger partial charge in [0.25, 0.3) is 0 Å². The van der Waals surface area contributed by atoms with Gasteiger partial charge in [-0.05, 0) is 77.4 Å². The topological polar surface area (TPSA) is 96.0 Å². The zero-order valence-electron chi connectivity index (χ0n) is 20.0. The van der Waals surface area contributed by atoms with Crippen LogP contribution in [0.25, 0.3) is 0 Å². The Balaban J connectivity index is 2.40. The number of hydrogen-bond donors (Lipinski definition) is 1. The summed E-state index contributed by atoms with van der Waals surface area (Å²) in [6.45, 7) is 4.03. The van der Waals surface area contributed by atoms with E-state index in [9.17, 15) is 18.0 Å². The van der Waals surface area contributed by atoms with Crippen LogP contribution in [0.5, 0.6) is 5.75 Å². The van der Waals surface area contributed by atoms with E-state index in [4.69, 9.17) is 4.74 Å². The summed E-state index contributed by atoms with van der Waals surface area (Å²) in [5.41, 5.74) is 1.19. The third-order valence-electron chi connectivity index (χ3n) is 5.24. The number of carbonyl (C=O) groups is 2. The molecule has 0 spiro atoms. The van der Waals surface area contributed by atoms with Gasteiger partial charge in [-0.1, -0.05) is 26.0 Å². The van der Waals surface area contributed by atoms with Gasteiger partial charge < -0.3 is 15.0 Å². The van der Waals surface area contributed by atoms with Crippen LogP contribution in [-0.4, -0.2) is 57.6 Å². The molecular weight excluding hydrogens is 569 g/mol. The van der Waals surface area contributed by atoms with Crippen molar-refractivity contribution in [2.24, 2.45) is 0 Å². The fraction of sp³-hybridized carbons (Fsp3) is 0.417. The van der Waals surface area contributed by atoms with Crippen molar-refractivity contribution in [3.8, 4) is 5.75 Å². The molecule has 1 N–H and O–H groups in total. The summed E-state index contributed by atoms with van der Waals surface area (Å²) in [5.74, 6) is -0.0407. The first-order valence-corrected chi connectivity index (χ1v) is 14.0. The van der Waals surface area contributed by atoms with Gasteiger partial charge in [-0.2, -0.15) is 0 Å². The minimum absolute atomic E-state index is 0.158. The summed E-state index contributed by atoms with van der Waals surface area (Å²) in [7, 11) is -2.17. The van der Waals surface area contributed by atoms with Crippen molar-refractivity contribution in [1.29, 1.82) is 0 Å². The molecule has 34 heavy (non-hydrogen) atoms. The van der Waals surface area contributed by atoms with E-state index in [0.29, 0.717) is 24.4 Å². The molecule has 0 aliphatic carbocycles. The van der Waals surface area contributed by atoms with Crippen molar-refractivity contribution in [1.82, 2.24) is 10.2 Å². The Hall–Kier alpha value is -2.34. The highest BCUT2D eigenvalue weighted by Crippen LogP contribution is 2.21. The minimum atomic E-state index is -3.74. The SMILES string of the molecule is CCCNC(=O)[C@@H](CC)N(Cc1ccc(OC)cc1)C(=O)CN(c1ccc(I)cc1)S(C)(=O)=O. The predicted molar refractivity (Wildman–Crippen MR) is 142 cm³/mol. The molecule has 0 aromatic heterocycles. The van der Waals surface area contributed by atoms with Crippen molar-refractivity contribution in [2.45, 2.75) is 39.3 Å². The standard InChI is InChI=1S/C24H32IN3O5S/c1-5-15-26-24(30)22(6-2)27(16-18-7-13-21(33-3)14-8-18)23(29)17-28(34(4,31)32)20-11-9-19(25)10-12-20/h7-14,22H,5-6,15-17H2,1-4H3,(H,26,30)/t22-/m1/s1. The Morgan fingerprint density at radius 1 is 1.06 bits per heavy atom. The number of sulfonamides is 1. The highest BCUT2D eigenvalue weighted by Gasteiger charge is 2.31. The van der Waals surface area contributed by atoms with E-state index in [2.05, 4.69) is 27.9 Å². The molecular formula is C24H32IN3O5S. The van der Waals surface area contributed by atoms with Crippen LogP contribution < -0.4 is 14.4 Å². The van der Waals surface area contributed by atoms with E-state index in [1.165, 1.54) is 4.90 Å². The quantitative estimate of drug-likeness (QED) is 0.377. The molecule has 0 unspecified atom stereocenters. The first kappa shape index (κ1) is 27.9. The molecule has 2 amide bonds. The van der Waals surface area contributed by atoms with Crippen LogP contribution in [0.15, 0.2) is 48.5 Å². The Morgan fingerprint density at radius 3 is 2.18 bits per heavy atom. The number of benzene rings is 2. The summed E-state index contributed by atoms with van der Waals surface area (Å²) in [6.07, 6.45) is 2.22. The van der Waals surface area contributed by atoms with Gasteiger partial charge in [-0.15, -0.1) is 0 Å². The van der Waals surface area contributed by atoms with Crippen LogP contribution in [0.2, 0.25) is 0 Å². The molecule has 0 heterocycles. The second kappa shape index (κ2) is 12.9. The minimum Gasteiger partial charge on any atom is -0.497 e. The first-order valence-electron chi connectivity index (χ1n) is 11.0. The molecule has 0 bridgehead atoms. The molecule has 8 nitrogen and oxygen atoms in total. The van der Waals surface area contributed by atoms with Gasteiger partial charge in [-0.3, -0.25) is 13.9 Å². The molecule has 1 atom stereocenters. The number of nitrogens with one attached hydrogen (secondary N) is 1. The summed E-state index contributed by atoms with van der Waals surface area (Å²) in [4.78, 5) is 27.9. The van der Waals surface area contributed by atoms with Crippen LogP contribution in [-0.2, 0) is 26.2 Å². The molecule has 0 saturated heterocycles. The lowest BCUT2D eigenvalue weighted by Crippen LogP contribution is -2.52. The number of amides is 2. The number of nitrogens with zero attached hydrogens (tertiary/aromatic N) is 2. The fourth-order valence-corrected chi connectivity index (χ4v) is 4.64.